The molecule has 114 valence electrons. The third kappa shape index (κ3) is 7.40. The van der Waals surface area contributed by atoms with E-state index in [2.05, 4.69) is 17.3 Å². The summed E-state index contributed by atoms with van der Waals surface area (Å²) in [6, 6.07) is 0.362. The predicted molar refractivity (Wildman–Crippen MR) is 86.1 cm³/mol. The van der Waals surface area contributed by atoms with Crippen LogP contribution in [0.25, 0.3) is 0 Å². The first-order chi connectivity index (χ1) is 8.65. The number of nitrogens with one attached hydrogen (secondary N) is 1. The summed E-state index contributed by atoms with van der Waals surface area (Å²) in [5.74, 6) is 0.931. The molecule has 0 aromatic carbocycles. The number of nitrogens with two attached hydrogens (primary N) is 1. The molecule has 0 bridgehead atoms. The van der Waals surface area contributed by atoms with Gasteiger partial charge < -0.3 is 16.0 Å². The van der Waals surface area contributed by atoms with E-state index in [1.165, 1.54) is 25.7 Å². The molecule has 4 nitrogen and oxygen atoms in total. The van der Waals surface area contributed by atoms with Gasteiger partial charge in [0.15, 0.2) is 0 Å². The van der Waals surface area contributed by atoms with Crippen LogP contribution < -0.4 is 11.1 Å². The first-order valence-electron chi connectivity index (χ1n) is 6.87. The Bertz CT molecular complexity index is 250. The largest absolute Gasteiger partial charge is 0.353 e. The molecule has 1 rings (SSSR count). The highest BCUT2D eigenvalue weighted by atomic mass is 35.5. The highest BCUT2D eigenvalue weighted by Gasteiger charge is 2.19. The molecule has 1 saturated carbocycles. The Labute approximate surface area is 127 Å². The fourth-order valence-electron chi connectivity index (χ4n) is 2.39. The van der Waals surface area contributed by atoms with Gasteiger partial charge in [-0.25, -0.2) is 0 Å². The van der Waals surface area contributed by atoms with Gasteiger partial charge in [-0.15, -0.1) is 12.4 Å². The van der Waals surface area contributed by atoms with Gasteiger partial charge in [-0.3, -0.25) is 4.79 Å². The van der Waals surface area contributed by atoms with Gasteiger partial charge in [0.1, 0.15) is 0 Å². The number of carbonyl (C=O) groups excluding carboxylic acids is 1. The minimum absolute atomic E-state index is 0. The first-order valence-corrected chi connectivity index (χ1v) is 8.27. The molecule has 1 fully saturated rings. The highest BCUT2D eigenvalue weighted by Crippen LogP contribution is 2.21. The van der Waals surface area contributed by atoms with Gasteiger partial charge in [-0.1, -0.05) is 12.8 Å². The van der Waals surface area contributed by atoms with Gasteiger partial charge in [0.25, 0.3) is 0 Å². The monoisotopic (exact) mass is 309 g/mol. The zero-order valence-corrected chi connectivity index (χ0v) is 13.7. The normalized spacial score (nSPS) is 17.3. The zero-order chi connectivity index (χ0) is 13.4. The second-order valence-corrected chi connectivity index (χ2v) is 6.08. The molecule has 0 aromatic heterocycles. The van der Waals surface area contributed by atoms with Crippen molar-refractivity contribution in [2.24, 2.45) is 5.73 Å². The van der Waals surface area contributed by atoms with Crippen LogP contribution in [-0.2, 0) is 4.79 Å². The van der Waals surface area contributed by atoms with Gasteiger partial charge in [0, 0.05) is 19.1 Å². The van der Waals surface area contributed by atoms with E-state index < -0.39 is 0 Å². The van der Waals surface area contributed by atoms with Crippen molar-refractivity contribution < 1.29 is 4.79 Å². The molecule has 0 saturated heterocycles. The molecule has 1 aliphatic carbocycles. The van der Waals surface area contributed by atoms with Gasteiger partial charge >= 0.3 is 0 Å². The molecule has 19 heavy (non-hydrogen) atoms. The van der Waals surface area contributed by atoms with Crippen molar-refractivity contribution in [3.8, 4) is 0 Å². The van der Waals surface area contributed by atoms with E-state index in [0.717, 1.165) is 18.7 Å². The summed E-state index contributed by atoms with van der Waals surface area (Å²) in [5, 5.41) is 2.93. The summed E-state index contributed by atoms with van der Waals surface area (Å²) in [4.78, 5) is 14.0. The van der Waals surface area contributed by atoms with E-state index in [9.17, 15) is 4.79 Å². The first kappa shape index (κ1) is 19.0. The van der Waals surface area contributed by atoms with Crippen LogP contribution in [0.3, 0.4) is 0 Å². The zero-order valence-electron chi connectivity index (χ0n) is 12.1. The van der Waals surface area contributed by atoms with Crippen molar-refractivity contribution in [3.63, 3.8) is 0 Å². The van der Waals surface area contributed by atoms with E-state index in [0.29, 0.717) is 12.6 Å². The second kappa shape index (κ2) is 10.8. The molecular weight excluding hydrogens is 282 g/mol. The molecule has 0 spiro atoms. The molecule has 6 heteroatoms. The summed E-state index contributed by atoms with van der Waals surface area (Å²) in [6.07, 6.45) is 8.09. The van der Waals surface area contributed by atoms with Crippen LogP contribution in [0.1, 0.15) is 32.1 Å². The fourth-order valence-corrected chi connectivity index (χ4v) is 2.88. The van der Waals surface area contributed by atoms with Crippen LogP contribution >= 0.6 is 24.2 Å². The van der Waals surface area contributed by atoms with Crippen molar-refractivity contribution in [3.05, 3.63) is 0 Å². The number of likely N-dealkylation sites (N-methyl/N-ethyl adjacent to an activating group) is 1. The molecule has 0 radical (unpaired) electrons. The number of rotatable bonds is 8. The summed E-state index contributed by atoms with van der Waals surface area (Å²) in [7, 11) is 2.15. The van der Waals surface area contributed by atoms with Gasteiger partial charge in [0.05, 0.1) is 6.04 Å². The van der Waals surface area contributed by atoms with E-state index in [-0.39, 0.29) is 24.4 Å². The van der Waals surface area contributed by atoms with Crippen LogP contribution in [0.2, 0.25) is 0 Å². The number of hydrogen-bond acceptors (Lipinski definition) is 4. The molecule has 0 aliphatic heterocycles. The van der Waals surface area contributed by atoms with E-state index in [4.69, 9.17) is 5.73 Å². The molecular formula is C13H28ClN3OS. The van der Waals surface area contributed by atoms with Crippen molar-refractivity contribution in [2.75, 3.05) is 32.1 Å². The number of amides is 1. The van der Waals surface area contributed by atoms with Crippen LogP contribution in [0.4, 0.5) is 0 Å². The fraction of sp³-hybridized carbons (Fsp3) is 0.923. The van der Waals surface area contributed by atoms with Crippen LogP contribution in [0.15, 0.2) is 0 Å². The molecule has 0 heterocycles. The highest BCUT2D eigenvalue weighted by molar-refractivity contribution is 7.98. The Kier molecular flexibility index (Phi) is 10.8. The molecule has 1 atom stereocenters. The van der Waals surface area contributed by atoms with Crippen LogP contribution in [-0.4, -0.2) is 55.0 Å². The number of hydrogen-bond donors (Lipinski definition) is 2. The number of thioether (sulfide) groups is 1. The van der Waals surface area contributed by atoms with Gasteiger partial charge in [0.2, 0.25) is 5.91 Å². The molecule has 0 aromatic rings. The lowest BCUT2D eigenvalue weighted by molar-refractivity contribution is -0.122. The number of nitrogens with zero attached hydrogens (tertiary/aromatic N) is 1. The molecule has 3 N–H and O–H groups in total. The van der Waals surface area contributed by atoms with Crippen LogP contribution in [0, 0.1) is 0 Å². The standard InChI is InChI=1S/C13H27N3OS.ClH/c1-16(11-5-3-4-6-11)9-8-15-13(17)12(14)7-10-18-2;/h11-12H,3-10,14H2,1-2H3,(H,15,17);1H/t12-;/m0./s1. The lowest BCUT2D eigenvalue weighted by atomic mass is 10.2. The van der Waals surface area contributed by atoms with Crippen molar-refractivity contribution in [1.29, 1.82) is 0 Å². The van der Waals surface area contributed by atoms with Gasteiger partial charge in [-0.2, -0.15) is 11.8 Å². The molecule has 1 amide bonds. The lowest BCUT2D eigenvalue weighted by Gasteiger charge is -2.24. The Morgan fingerprint density at radius 1 is 1.47 bits per heavy atom. The van der Waals surface area contributed by atoms with E-state index >= 15 is 0 Å². The smallest absolute Gasteiger partial charge is 0.236 e. The Morgan fingerprint density at radius 2 is 2.11 bits per heavy atom. The summed E-state index contributed by atoms with van der Waals surface area (Å²) < 4.78 is 0. The van der Waals surface area contributed by atoms with E-state index in [1.54, 1.807) is 11.8 Å². The average Bonchev–Trinajstić information content (AvgIpc) is 2.89. The SMILES string of the molecule is CSCC[C@H](N)C(=O)NCCN(C)C1CCCC1.Cl. The predicted octanol–water partition coefficient (Wildman–Crippen LogP) is 1.48. The van der Waals surface area contributed by atoms with E-state index in [1.807, 2.05) is 6.26 Å². The minimum atomic E-state index is -0.353. The summed E-state index contributed by atoms with van der Waals surface area (Å²) in [5.41, 5.74) is 5.80. The quantitative estimate of drug-likeness (QED) is 0.713. The van der Waals surface area contributed by atoms with Crippen LogP contribution in [0.5, 0.6) is 0 Å². The maximum Gasteiger partial charge on any atom is 0.236 e. The number of carbonyl (C=O) groups is 1. The summed E-state index contributed by atoms with van der Waals surface area (Å²) in [6.45, 7) is 1.63. The summed E-state index contributed by atoms with van der Waals surface area (Å²) >= 11 is 1.72. The van der Waals surface area contributed by atoms with Crippen molar-refractivity contribution >= 4 is 30.1 Å². The Balaban J connectivity index is 0.00000324. The van der Waals surface area contributed by atoms with Crippen molar-refractivity contribution in [2.45, 2.75) is 44.2 Å². The second-order valence-electron chi connectivity index (χ2n) is 5.10. The number of halogens is 1. The molecule has 0 unspecified atom stereocenters. The third-order valence-electron chi connectivity index (χ3n) is 3.68. The minimum Gasteiger partial charge on any atom is -0.353 e. The van der Waals surface area contributed by atoms with Crippen molar-refractivity contribution in [1.82, 2.24) is 10.2 Å². The third-order valence-corrected chi connectivity index (χ3v) is 4.33. The maximum absolute atomic E-state index is 11.7. The Hall–Kier alpha value is 0.0300. The topological polar surface area (TPSA) is 58.4 Å². The Morgan fingerprint density at radius 3 is 2.68 bits per heavy atom. The maximum atomic E-state index is 11.7. The van der Waals surface area contributed by atoms with Gasteiger partial charge in [-0.05, 0) is 38.3 Å². The lowest BCUT2D eigenvalue weighted by Crippen LogP contribution is -2.44. The average molecular weight is 310 g/mol. The molecule has 1 aliphatic rings.